The van der Waals surface area contributed by atoms with E-state index >= 15 is 0 Å². The molecule has 3 aromatic heterocycles. The monoisotopic (exact) mass is 871 g/mol. The number of allylic oxidation sites excluding steroid dienone is 2. The van der Waals surface area contributed by atoms with Crippen LogP contribution in [0, 0.1) is 20.8 Å². The molecule has 2 unspecified atom stereocenters. The van der Waals surface area contributed by atoms with E-state index in [4.69, 9.17) is 8.83 Å². The number of nitrogens with zero attached hydrogens (tertiary/aromatic N) is 1. The predicted molar refractivity (Wildman–Crippen MR) is 282 cm³/mol. The smallest absolute Gasteiger partial charge is 0.143 e. The first-order chi connectivity index (χ1) is 32.8. The molecule has 1 aliphatic rings. The number of H-pyrrole nitrogens is 1. The summed E-state index contributed by atoms with van der Waals surface area (Å²) in [6.45, 7) is 11.0. The fraction of sp³-hybridized carbons (Fsp3) is 0.145. The molecule has 12 rings (SSSR count). The molecule has 67 heavy (non-hydrogen) atoms. The Labute approximate surface area is 391 Å². The summed E-state index contributed by atoms with van der Waals surface area (Å²) in [4.78, 5) is 0. The van der Waals surface area contributed by atoms with Gasteiger partial charge in [0.15, 0.2) is 0 Å². The summed E-state index contributed by atoms with van der Waals surface area (Å²) < 4.78 is 12.4. The Kier molecular flexibility index (Phi) is 10.9. The number of hydrogen-bond acceptors (Lipinski definition) is 4. The van der Waals surface area contributed by atoms with E-state index < -0.39 is 0 Å². The summed E-state index contributed by atoms with van der Waals surface area (Å²) in [5.41, 5.74) is 20.9. The first-order valence-corrected chi connectivity index (χ1v) is 23.5. The van der Waals surface area contributed by atoms with E-state index in [9.17, 15) is 0 Å². The maximum Gasteiger partial charge on any atom is 0.143 e. The van der Waals surface area contributed by atoms with E-state index in [0.29, 0.717) is 5.92 Å². The molecule has 1 aliphatic carbocycles. The van der Waals surface area contributed by atoms with Gasteiger partial charge in [-0.25, -0.2) is 0 Å². The van der Waals surface area contributed by atoms with Crippen LogP contribution in [0.1, 0.15) is 60.4 Å². The third-order valence-electron chi connectivity index (χ3n) is 13.7. The molecule has 11 aromatic rings. The maximum absolute atomic E-state index is 6.34. The molecule has 2 atom stereocenters. The van der Waals surface area contributed by atoms with Gasteiger partial charge in [-0.15, -0.1) is 0 Å². The van der Waals surface area contributed by atoms with E-state index in [1.54, 1.807) is 0 Å². The van der Waals surface area contributed by atoms with E-state index in [1.165, 1.54) is 77.2 Å². The minimum Gasteiger partial charge on any atom is -0.455 e. The van der Waals surface area contributed by atoms with Crippen LogP contribution in [0.4, 0.5) is 5.69 Å². The quantitative estimate of drug-likeness (QED) is 0.160. The molecule has 0 radical (unpaired) electrons. The third kappa shape index (κ3) is 8.01. The zero-order chi connectivity index (χ0) is 45.6. The molecule has 0 bridgehead atoms. The van der Waals surface area contributed by atoms with Crippen LogP contribution in [0.3, 0.4) is 0 Å². The van der Waals surface area contributed by atoms with E-state index in [-0.39, 0.29) is 6.04 Å². The standard InChI is InChI=1S/C43H39N3O.C19H14O/c1-5-27(3)35-19-14-31(23-39(35)38-24-41-32(22-28(38)4)25-44-46-41)29-10-15-33(16-11-29)45-34-17-12-30(13-18-34)36-7-6-8-37-40-21-26(2)9-20-42(40)47-43(36)37;1-13-9-11-14(12-10-13)15-6-4-7-17-16-5-2-3-8-18(16)20-19(15)17/h6-17,19-25,27,34,45H,5,18H2,1-4H3,(H,44,46);2-12H,1H3. The Bertz CT molecular complexity index is 3670. The van der Waals surface area contributed by atoms with Gasteiger partial charge < -0.3 is 14.2 Å². The largest absolute Gasteiger partial charge is 0.455 e. The lowest BCUT2D eigenvalue weighted by molar-refractivity contribution is 0.667. The van der Waals surface area contributed by atoms with Crippen molar-refractivity contribution in [2.24, 2.45) is 0 Å². The topological polar surface area (TPSA) is 67.0 Å². The minimum absolute atomic E-state index is 0.226. The van der Waals surface area contributed by atoms with Gasteiger partial charge >= 0.3 is 0 Å². The number of nitrogens with one attached hydrogen (secondary N) is 2. The number of para-hydroxylation sites is 3. The summed E-state index contributed by atoms with van der Waals surface area (Å²) >= 11 is 0. The molecule has 0 spiro atoms. The van der Waals surface area contributed by atoms with Crippen LogP contribution in [0.25, 0.3) is 93.7 Å². The van der Waals surface area contributed by atoms with Crippen LogP contribution in [0.5, 0.6) is 0 Å². The van der Waals surface area contributed by atoms with Crippen LogP contribution in [-0.4, -0.2) is 16.2 Å². The highest BCUT2D eigenvalue weighted by Gasteiger charge is 2.18. The minimum atomic E-state index is 0.226. The van der Waals surface area contributed by atoms with Crippen molar-refractivity contribution >= 4 is 66.0 Å². The second-order valence-electron chi connectivity index (χ2n) is 18.2. The van der Waals surface area contributed by atoms with Crippen LogP contribution in [0.2, 0.25) is 0 Å². The SMILES string of the molecule is CCC(C)c1ccc(-c2ccc(NC3C=CC(c4cccc5c4oc4ccc(C)cc45)=CC3)cc2)cc1-c1cc2[nH]ncc2cc1C.Cc1ccc(-c2cccc3c2oc2ccccc23)cc1. The molecule has 0 saturated carbocycles. The number of furan rings is 2. The van der Waals surface area contributed by atoms with Crippen LogP contribution in [-0.2, 0) is 0 Å². The average Bonchev–Trinajstić information content (AvgIpc) is 4.09. The summed E-state index contributed by atoms with van der Waals surface area (Å²) in [5, 5.41) is 17.0. The van der Waals surface area contributed by atoms with Gasteiger partial charge in [0.1, 0.15) is 22.3 Å². The van der Waals surface area contributed by atoms with E-state index in [0.717, 1.165) is 62.9 Å². The van der Waals surface area contributed by atoms with Crippen molar-refractivity contribution in [3.63, 3.8) is 0 Å². The first-order valence-electron chi connectivity index (χ1n) is 23.5. The molecule has 0 fully saturated rings. The molecule has 0 saturated heterocycles. The molecule has 0 aliphatic heterocycles. The predicted octanol–water partition coefficient (Wildman–Crippen LogP) is 17.3. The molecule has 2 N–H and O–H groups in total. The third-order valence-corrected chi connectivity index (χ3v) is 13.7. The summed E-state index contributed by atoms with van der Waals surface area (Å²) in [6, 6.07) is 56.5. The second-order valence-corrected chi connectivity index (χ2v) is 18.2. The van der Waals surface area contributed by atoms with Gasteiger partial charge in [0, 0.05) is 49.8 Å². The fourth-order valence-electron chi connectivity index (χ4n) is 9.76. The number of anilines is 1. The average molecular weight is 872 g/mol. The zero-order valence-electron chi connectivity index (χ0n) is 38.7. The van der Waals surface area contributed by atoms with Crippen LogP contribution >= 0.6 is 0 Å². The number of aromatic nitrogens is 2. The molecule has 0 amide bonds. The number of benzene rings is 8. The fourth-order valence-corrected chi connectivity index (χ4v) is 9.76. The highest BCUT2D eigenvalue weighted by atomic mass is 16.3. The Morgan fingerprint density at radius 2 is 1.30 bits per heavy atom. The first kappa shape index (κ1) is 41.8. The maximum atomic E-state index is 6.34. The lowest BCUT2D eigenvalue weighted by atomic mass is 9.86. The van der Waals surface area contributed by atoms with Gasteiger partial charge in [-0.05, 0) is 133 Å². The number of fused-ring (bicyclic) bond motifs is 7. The van der Waals surface area contributed by atoms with Crippen molar-refractivity contribution in [2.75, 3.05) is 5.32 Å². The molecule has 5 heteroatoms. The highest BCUT2D eigenvalue weighted by molar-refractivity contribution is 6.10. The molecule has 8 aromatic carbocycles. The van der Waals surface area contributed by atoms with Crippen molar-refractivity contribution < 1.29 is 8.83 Å². The summed E-state index contributed by atoms with van der Waals surface area (Å²) in [5.74, 6) is 0.469. The lowest BCUT2D eigenvalue weighted by Gasteiger charge is -2.20. The zero-order valence-corrected chi connectivity index (χ0v) is 38.7. The molecule has 328 valence electrons. The van der Waals surface area contributed by atoms with Crippen molar-refractivity contribution in [1.29, 1.82) is 0 Å². The van der Waals surface area contributed by atoms with Crippen LogP contribution in [0.15, 0.2) is 191 Å². The summed E-state index contributed by atoms with van der Waals surface area (Å²) in [6.07, 6.45) is 10.7. The number of aryl methyl sites for hydroxylation is 3. The number of rotatable bonds is 8. The van der Waals surface area contributed by atoms with E-state index in [1.807, 2.05) is 18.3 Å². The Hall–Kier alpha value is -7.89. The molecular formula is C62H53N3O2. The van der Waals surface area contributed by atoms with Crippen molar-refractivity contribution in [3.8, 4) is 33.4 Å². The highest BCUT2D eigenvalue weighted by Crippen LogP contribution is 2.40. The molecular weight excluding hydrogens is 819 g/mol. The Balaban J connectivity index is 0.000000205. The van der Waals surface area contributed by atoms with Crippen molar-refractivity contribution in [3.05, 3.63) is 210 Å². The number of hydrogen-bond donors (Lipinski definition) is 2. The number of aromatic amines is 1. The Morgan fingerprint density at radius 3 is 2.07 bits per heavy atom. The van der Waals surface area contributed by atoms with Gasteiger partial charge in [0.2, 0.25) is 0 Å². The van der Waals surface area contributed by atoms with Crippen LogP contribution < -0.4 is 5.32 Å². The molecule has 3 heterocycles. The van der Waals surface area contributed by atoms with Gasteiger partial charge in [-0.1, -0.05) is 152 Å². The second kappa shape index (κ2) is 17.5. The van der Waals surface area contributed by atoms with Crippen molar-refractivity contribution in [2.45, 2.75) is 59.4 Å². The van der Waals surface area contributed by atoms with Gasteiger partial charge in [-0.2, -0.15) is 5.10 Å². The lowest BCUT2D eigenvalue weighted by Crippen LogP contribution is -2.17. The molecule has 5 nitrogen and oxygen atoms in total. The van der Waals surface area contributed by atoms with Crippen molar-refractivity contribution in [1.82, 2.24) is 10.2 Å². The summed E-state index contributed by atoms with van der Waals surface area (Å²) in [7, 11) is 0. The van der Waals surface area contributed by atoms with Gasteiger partial charge in [-0.3, -0.25) is 5.10 Å². The van der Waals surface area contributed by atoms with Gasteiger partial charge in [0.25, 0.3) is 0 Å². The van der Waals surface area contributed by atoms with E-state index in [2.05, 4.69) is 214 Å². The Morgan fingerprint density at radius 1 is 0.612 bits per heavy atom. The normalized spacial score (nSPS) is 14.2. The van der Waals surface area contributed by atoms with Gasteiger partial charge in [0.05, 0.1) is 11.7 Å².